The van der Waals surface area contributed by atoms with Gasteiger partial charge < -0.3 is 69.7 Å². The van der Waals surface area contributed by atoms with E-state index in [1.165, 1.54) is 68.3 Å². The van der Waals surface area contributed by atoms with Crippen LogP contribution in [0.1, 0.15) is 129 Å². The largest absolute Gasteiger partial charge is 0.417 e. The molecule has 1 saturated carbocycles. The van der Waals surface area contributed by atoms with Crippen LogP contribution < -0.4 is 16.0 Å². The molecule has 0 radical (unpaired) electrons. The Kier molecular flexibility index (Phi) is 30.6. The zero-order valence-corrected chi connectivity index (χ0v) is 61.4. The van der Waals surface area contributed by atoms with Crippen LogP contribution in [0, 0.1) is 17.8 Å². The maximum absolute atomic E-state index is 15.2. The molecule has 1 aromatic rings. The van der Waals surface area contributed by atoms with Gasteiger partial charge in [-0.05, 0) is 80.9 Å². The van der Waals surface area contributed by atoms with Crippen LogP contribution in [0.5, 0.6) is 0 Å². The summed E-state index contributed by atoms with van der Waals surface area (Å²) in [6.45, 7) is 3.90. The highest BCUT2D eigenvalue weighted by atomic mass is 35.5. The van der Waals surface area contributed by atoms with Crippen LogP contribution >= 0.6 is 11.6 Å². The van der Waals surface area contributed by atoms with Crippen molar-refractivity contribution >= 4 is 88.4 Å². The van der Waals surface area contributed by atoms with E-state index in [1.54, 1.807) is 27.7 Å². The molecule has 3 heterocycles. The number of amides is 13. The fourth-order valence-electron chi connectivity index (χ4n) is 13.1. The maximum Gasteiger partial charge on any atom is 0.417 e. The number of hydrogen-bond donors (Lipinski definition) is 3. The summed E-state index contributed by atoms with van der Waals surface area (Å²) in [5, 5.41) is 7.10. The third-order valence-electron chi connectivity index (χ3n) is 20.0. The van der Waals surface area contributed by atoms with Crippen molar-refractivity contribution in [2.24, 2.45) is 17.8 Å². The van der Waals surface area contributed by atoms with E-state index < -0.39 is 218 Å². The van der Waals surface area contributed by atoms with Crippen LogP contribution in [0.25, 0.3) is 0 Å². The summed E-state index contributed by atoms with van der Waals surface area (Å²) in [4.78, 5) is 200. The standard InChI is InChI=1S/C68H103ClF5N13O14/c1-15-41(4)57-65(99)80(8)35-55(91)78(6)36-56(92)82(10)50(31-43-22-18-16-19-23-43)63(97)79(7)34-52(88)75-47(27-25-44-24-26-45(46(69)30-44)68(72,73)74)61(95)83(11)49(32-54(90)87-38-67(70,71)39-87)60(94)76-48(37-101-14)62(96)85(13)58(40(2)3)66(100)84(12)51(64(98)86-28-20-17-21-29-86)33-53(89)81(9)42(5)59(93)77-57/h24,26,30,40-43,47-51,57-58H,15-23,25,27-29,31-39H2,1-14H3,(H,75,88)(H,76,94)(H,77,93)/t41-,42-,47-,48-,49-,50-,51-,57-,58-/m0/s1. The Morgan fingerprint density at radius 2 is 1.23 bits per heavy atom. The minimum Gasteiger partial charge on any atom is -0.382 e. The highest BCUT2D eigenvalue weighted by Gasteiger charge is 2.49. The number of hydrogen-bond acceptors (Lipinski definition) is 14. The second-order valence-corrected chi connectivity index (χ2v) is 28.3. The summed E-state index contributed by atoms with van der Waals surface area (Å²) in [6.07, 6.45) is -0.741. The number of alkyl halides is 5. The van der Waals surface area contributed by atoms with Gasteiger partial charge in [0.25, 0.3) is 5.92 Å². The van der Waals surface area contributed by atoms with Crippen LogP contribution in [0.2, 0.25) is 5.02 Å². The topological polar surface area (TPSA) is 300 Å². The number of rotatable bonds is 13. The van der Waals surface area contributed by atoms with Gasteiger partial charge in [0.05, 0.1) is 62.8 Å². The molecule has 3 aliphatic heterocycles. The molecule has 27 nitrogen and oxygen atoms in total. The van der Waals surface area contributed by atoms with E-state index in [1.807, 2.05) is 0 Å². The van der Waals surface area contributed by atoms with Crippen molar-refractivity contribution in [3.8, 4) is 0 Å². The number of aryl methyl sites for hydroxylation is 1. The van der Waals surface area contributed by atoms with E-state index >= 15 is 19.2 Å². The predicted octanol–water partition coefficient (Wildman–Crippen LogP) is 2.88. The lowest BCUT2D eigenvalue weighted by molar-refractivity contribution is -0.168. The zero-order valence-electron chi connectivity index (χ0n) is 60.6. The molecule has 3 saturated heterocycles. The first-order valence-electron chi connectivity index (χ1n) is 34.4. The van der Waals surface area contributed by atoms with Crippen LogP contribution in [0.15, 0.2) is 18.2 Å². The smallest absolute Gasteiger partial charge is 0.382 e. The number of ether oxygens (including phenoxy) is 1. The van der Waals surface area contributed by atoms with E-state index in [2.05, 4.69) is 16.0 Å². The predicted molar refractivity (Wildman–Crippen MR) is 360 cm³/mol. The summed E-state index contributed by atoms with van der Waals surface area (Å²) in [5.74, 6) is -16.0. The number of methoxy groups -OCH3 is 1. The third-order valence-corrected chi connectivity index (χ3v) is 20.3. The van der Waals surface area contributed by atoms with Gasteiger partial charge in [-0.15, -0.1) is 0 Å². The Labute approximate surface area is 593 Å². The molecule has 4 aliphatic rings. The van der Waals surface area contributed by atoms with Crippen LogP contribution in [-0.2, 0) is 79.7 Å². The molecule has 0 unspecified atom stereocenters. The van der Waals surface area contributed by atoms with E-state index in [4.69, 9.17) is 16.3 Å². The fraction of sp³-hybridized carbons (Fsp3) is 0.721. The lowest BCUT2D eigenvalue weighted by Crippen LogP contribution is -2.63. The van der Waals surface area contributed by atoms with Gasteiger partial charge in [0.2, 0.25) is 76.8 Å². The number of piperidine rings is 1. The van der Waals surface area contributed by atoms with Gasteiger partial charge in [-0.2, -0.15) is 13.2 Å². The molecule has 0 aromatic heterocycles. The van der Waals surface area contributed by atoms with E-state index in [-0.39, 0.29) is 37.4 Å². The Hall–Kier alpha value is -7.77. The van der Waals surface area contributed by atoms with Gasteiger partial charge in [0, 0.05) is 76.6 Å². The van der Waals surface area contributed by atoms with Gasteiger partial charge in [-0.3, -0.25) is 62.3 Å². The Morgan fingerprint density at radius 3 is 1.79 bits per heavy atom. The number of carbonyl (C=O) groups is 13. The molecule has 33 heteroatoms. The highest BCUT2D eigenvalue weighted by Crippen LogP contribution is 2.36. The number of nitrogens with zero attached hydrogens (tertiary/aromatic N) is 10. The van der Waals surface area contributed by atoms with Gasteiger partial charge in [0.1, 0.15) is 48.3 Å². The summed E-state index contributed by atoms with van der Waals surface area (Å²) < 4.78 is 75.7. The van der Waals surface area contributed by atoms with E-state index in [9.17, 15) is 65.1 Å². The van der Waals surface area contributed by atoms with Crippen molar-refractivity contribution in [2.45, 2.75) is 185 Å². The maximum atomic E-state index is 15.2. The molecule has 4 fully saturated rings. The Bertz CT molecular complexity index is 3170. The number of nitrogens with one attached hydrogen (secondary N) is 3. The normalized spacial score (nSPS) is 25.9. The Morgan fingerprint density at radius 1 is 0.644 bits per heavy atom. The molecule has 0 bridgehead atoms. The van der Waals surface area contributed by atoms with Gasteiger partial charge >= 0.3 is 6.18 Å². The minimum absolute atomic E-state index is 0.0620. The van der Waals surface area contributed by atoms with Crippen LogP contribution in [0.4, 0.5) is 22.0 Å². The first-order valence-corrected chi connectivity index (χ1v) is 34.8. The molecular formula is C68H103ClF5N13O14. The summed E-state index contributed by atoms with van der Waals surface area (Å²) in [5.41, 5.74) is -1.03. The second-order valence-electron chi connectivity index (χ2n) is 27.9. The SMILES string of the molecule is CC[C@H](C)[C@@H]1NC(=O)[C@H](C)N(C)C(=O)C[C@@H](C(=O)N2CCCCC2)N(C)C(=O)[C@H](C(C)C)N(C)C(=O)[C@H](COC)NC(=O)[C@H](CC(=O)N2CC(F)(F)C2)N(C)C(=O)[C@H](CCc2ccc(C(F)(F)F)c(Cl)c2)NC(=O)CN(C)C(=O)[C@H](CC2CCCCC2)N(C)C(=O)CN(C)C(=O)CN(C)C1=O. The van der Waals surface area contributed by atoms with Crippen molar-refractivity contribution in [3.63, 3.8) is 0 Å². The van der Waals surface area contributed by atoms with Crippen molar-refractivity contribution in [3.05, 3.63) is 34.3 Å². The van der Waals surface area contributed by atoms with E-state index in [0.717, 1.165) is 89.0 Å². The highest BCUT2D eigenvalue weighted by molar-refractivity contribution is 6.31. The van der Waals surface area contributed by atoms with Crippen molar-refractivity contribution < 1.29 is 89.0 Å². The number of likely N-dealkylation sites (tertiary alicyclic amines) is 2. The average molecular weight is 1460 g/mol. The molecule has 9 atom stereocenters. The number of likely N-dealkylation sites (N-methyl/N-ethyl adjacent to an activating group) is 8. The second kappa shape index (κ2) is 36.9. The molecule has 13 amide bonds. The quantitative estimate of drug-likeness (QED) is 0.240. The lowest BCUT2D eigenvalue weighted by atomic mass is 9.84. The Balaban J connectivity index is 1.64. The van der Waals surface area contributed by atoms with Crippen LogP contribution in [-0.4, -0.2) is 296 Å². The third kappa shape index (κ3) is 22.4. The molecule has 1 aliphatic carbocycles. The van der Waals surface area contributed by atoms with Gasteiger partial charge in [0.15, 0.2) is 0 Å². The molecule has 5 rings (SSSR count). The van der Waals surface area contributed by atoms with Crippen molar-refractivity contribution in [1.82, 2.24) is 64.9 Å². The van der Waals surface area contributed by atoms with Crippen molar-refractivity contribution in [2.75, 3.05) is 116 Å². The summed E-state index contributed by atoms with van der Waals surface area (Å²) in [7, 11) is 11.3. The first kappa shape index (κ1) is 83.9. The fourth-order valence-corrected chi connectivity index (χ4v) is 13.4. The lowest BCUT2D eigenvalue weighted by Gasteiger charge is -2.40. The van der Waals surface area contributed by atoms with Crippen molar-refractivity contribution in [1.29, 1.82) is 0 Å². The molecule has 101 heavy (non-hydrogen) atoms. The number of carbonyl (C=O) groups excluding carboxylic acids is 13. The van der Waals surface area contributed by atoms with Crippen LogP contribution in [0.3, 0.4) is 0 Å². The number of benzene rings is 1. The first-order chi connectivity index (χ1) is 47.2. The minimum atomic E-state index is -4.85. The molecule has 566 valence electrons. The molecule has 1 aromatic carbocycles. The van der Waals surface area contributed by atoms with E-state index in [0.29, 0.717) is 38.2 Å². The molecule has 3 N–H and O–H groups in total. The van der Waals surface area contributed by atoms with Gasteiger partial charge in [-0.25, -0.2) is 8.78 Å². The number of halogens is 6. The zero-order chi connectivity index (χ0) is 75.9. The summed E-state index contributed by atoms with van der Waals surface area (Å²) >= 11 is 6.10. The monoisotopic (exact) mass is 1460 g/mol. The summed E-state index contributed by atoms with van der Waals surface area (Å²) in [6, 6.07) is -9.51. The molecule has 0 spiro atoms. The molecular weight excluding hydrogens is 1350 g/mol. The average Bonchev–Trinajstić information content (AvgIpc) is 0.803. The van der Waals surface area contributed by atoms with Gasteiger partial charge in [-0.1, -0.05) is 83.9 Å².